The van der Waals surface area contributed by atoms with Crippen molar-refractivity contribution in [2.45, 2.75) is 51.6 Å². The predicted molar refractivity (Wildman–Crippen MR) is 79.2 cm³/mol. The Morgan fingerprint density at radius 3 is 2.89 bits per heavy atom. The Labute approximate surface area is 115 Å². The van der Waals surface area contributed by atoms with Crippen molar-refractivity contribution in [2.24, 2.45) is 5.73 Å². The second kappa shape index (κ2) is 6.44. The van der Waals surface area contributed by atoms with Gasteiger partial charge in [-0.2, -0.15) is 0 Å². The van der Waals surface area contributed by atoms with Crippen LogP contribution in [0.3, 0.4) is 0 Å². The number of benzene rings is 1. The summed E-state index contributed by atoms with van der Waals surface area (Å²) in [5, 5.41) is 0.802. The third-order valence-corrected chi connectivity index (χ3v) is 4.19. The smallest absolute Gasteiger partial charge is 0.0471 e. The fourth-order valence-electron chi connectivity index (χ4n) is 2.85. The monoisotopic (exact) mass is 266 g/mol. The lowest BCUT2D eigenvalue weighted by atomic mass is 9.97. The molecular weight excluding hydrogens is 244 g/mol. The molecule has 1 aromatic carbocycles. The van der Waals surface area contributed by atoms with Crippen LogP contribution in [-0.2, 0) is 6.54 Å². The zero-order valence-electron chi connectivity index (χ0n) is 11.2. The van der Waals surface area contributed by atoms with E-state index in [-0.39, 0.29) is 0 Å². The molecule has 1 unspecified atom stereocenters. The van der Waals surface area contributed by atoms with Gasteiger partial charge in [0.1, 0.15) is 0 Å². The van der Waals surface area contributed by atoms with E-state index in [1.54, 1.807) is 0 Å². The van der Waals surface area contributed by atoms with Gasteiger partial charge in [-0.15, -0.1) is 0 Å². The van der Waals surface area contributed by atoms with Crippen LogP contribution in [0.1, 0.15) is 44.6 Å². The summed E-state index contributed by atoms with van der Waals surface area (Å²) in [6, 6.07) is 7.00. The van der Waals surface area contributed by atoms with Crippen LogP contribution in [0.4, 0.5) is 5.69 Å². The van der Waals surface area contributed by atoms with Gasteiger partial charge >= 0.3 is 0 Å². The van der Waals surface area contributed by atoms with Crippen LogP contribution < -0.4 is 10.6 Å². The lowest BCUT2D eigenvalue weighted by molar-refractivity contribution is 0.435. The lowest BCUT2D eigenvalue weighted by Crippen LogP contribution is -2.39. The third-order valence-electron chi connectivity index (χ3n) is 3.84. The fraction of sp³-hybridized carbons (Fsp3) is 0.600. The molecule has 0 aromatic heterocycles. The topological polar surface area (TPSA) is 29.3 Å². The second-order valence-electron chi connectivity index (χ2n) is 5.11. The van der Waals surface area contributed by atoms with Crippen molar-refractivity contribution >= 4 is 17.3 Å². The van der Waals surface area contributed by atoms with E-state index < -0.39 is 0 Å². The van der Waals surface area contributed by atoms with Crippen molar-refractivity contribution in [3.63, 3.8) is 0 Å². The van der Waals surface area contributed by atoms with Crippen molar-refractivity contribution in [3.05, 3.63) is 28.8 Å². The molecule has 2 N–H and O–H groups in total. The van der Waals surface area contributed by atoms with E-state index in [9.17, 15) is 0 Å². The second-order valence-corrected chi connectivity index (χ2v) is 5.52. The largest absolute Gasteiger partial charge is 0.369 e. The molecule has 0 bridgehead atoms. The Hall–Kier alpha value is -0.730. The number of piperidine rings is 1. The molecule has 100 valence electrons. The van der Waals surface area contributed by atoms with Crippen molar-refractivity contribution in [1.29, 1.82) is 0 Å². The first kappa shape index (κ1) is 13.7. The van der Waals surface area contributed by atoms with Crippen LogP contribution >= 0.6 is 11.6 Å². The molecule has 18 heavy (non-hydrogen) atoms. The maximum atomic E-state index is 6.27. The van der Waals surface area contributed by atoms with Gasteiger partial charge in [0, 0.05) is 29.8 Å². The standard InChI is InChI=1S/C15H23ClN2/c1-2-5-13-6-3-4-9-18(13)14-8-7-12(11-17)15(16)10-14/h7-8,10,13H,2-6,9,11,17H2,1H3. The average molecular weight is 267 g/mol. The summed E-state index contributed by atoms with van der Waals surface area (Å²) in [6.07, 6.45) is 6.47. The Balaban J connectivity index is 2.19. The predicted octanol–water partition coefficient (Wildman–Crippen LogP) is 3.96. The Bertz CT molecular complexity index is 390. The summed E-state index contributed by atoms with van der Waals surface area (Å²) >= 11 is 6.27. The van der Waals surface area contributed by atoms with Crippen molar-refractivity contribution in [3.8, 4) is 0 Å². The molecule has 1 fully saturated rings. The van der Waals surface area contributed by atoms with E-state index in [0.717, 1.165) is 17.1 Å². The molecule has 2 rings (SSSR count). The summed E-state index contributed by atoms with van der Waals surface area (Å²) in [5.41, 5.74) is 7.95. The minimum absolute atomic E-state index is 0.511. The van der Waals surface area contributed by atoms with Crippen molar-refractivity contribution in [2.75, 3.05) is 11.4 Å². The first-order valence-corrected chi connectivity index (χ1v) is 7.39. The first-order valence-electron chi connectivity index (χ1n) is 7.01. The quantitative estimate of drug-likeness (QED) is 0.894. The van der Waals surface area contributed by atoms with Crippen molar-refractivity contribution < 1.29 is 0 Å². The maximum absolute atomic E-state index is 6.27. The van der Waals surface area contributed by atoms with Gasteiger partial charge in [0.15, 0.2) is 0 Å². The van der Waals surface area contributed by atoms with Gasteiger partial charge in [-0.05, 0) is 43.4 Å². The van der Waals surface area contributed by atoms with Crippen LogP contribution in [0, 0.1) is 0 Å². The Morgan fingerprint density at radius 1 is 1.39 bits per heavy atom. The third kappa shape index (κ3) is 2.99. The van der Waals surface area contributed by atoms with Gasteiger partial charge in [0.2, 0.25) is 0 Å². The number of nitrogens with zero attached hydrogens (tertiary/aromatic N) is 1. The molecule has 1 aromatic rings. The van der Waals surface area contributed by atoms with Gasteiger partial charge in [-0.1, -0.05) is 31.0 Å². The highest BCUT2D eigenvalue weighted by molar-refractivity contribution is 6.31. The number of hydrogen-bond donors (Lipinski definition) is 1. The van der Waals surface area contributed by atoms with Gasteiger partial charge in [0.25, 0.3) is 0 Å². The zero-order chi connectivity index (χ0) is 13.0. The van der Waals surface area contributed by atoms with Gasteiger partial charge in [0.05, 0.1) is 0 Å². The molecule has 1 aliphatic rings. The zero-order valence-corrected chi connectivity index (χ0v) is 11.9. The van der Waals surface area contributed by atoms with Gasteiger partial charge in [-0.25, -0.2) is 0 Å². The molecule has 2 nitrogen and oxygen atoms in total. The Kier molecular flexibility index (Phi) is 4.90. The lowest BCUT2D eigenvalue weighted by Gasteiger charge is -2.38. The highest BCUT2D eigenvalue weighted by Crippen LogP contribution is 2.30. The number of halogens is 1. The highest BCUT2D eigenvalue weighted by atomic mass is 35.5. The van der Waals surface area contributed by atoms with Crippen LogP contribution in [0.5, 0.6) is 0 Å². The van der Waals surface area contributed by atoms with E-state index in [1.807, 2.05) is 0 Å². The number of anilines is 1. The molecule has 1 aliphatic heterocycles. The normalized spacial score (nSPS) is 20.2. The summed E-state index contributed by atoms with van der Waals surface area (Å²) in [7, 11) is 0. The van der Waals surface area contributed by atoms with Crippen LogP contribution in [0.25, 0.3) is 0 Å². The molecule has 3 heteroatoms. The molecule has 0 amide bonds. The Morgan fingerprint density at radius 2 is 2.22 bits per heavy atom. The maximum Gasteiger partial charge on any atom is 0.0471 e. The minimum atomic E-state index is 0.511. The first-order chi connectivity index (χ1) is 8.76. The fourth-order valence-corrected chi connectivity index (χ4v) is 3.11. The van der Waals surface area contributed by atoms with Crippen LogP contribution in [0.2, 0.25) is 5.02 Å². The van der Waals surface area contributed by atoms with Gasteiger partial charge < -0.3 is 10.6 Å². The molecular formula is C15H23ClN2. The molecule has 1 saturated heterocycles. The van der Waals surface area contributed by atoms with Gasteiger partial charge in [-0.3, -0.25) is 0 Å². The SMILES string of the molecule is CCCC1CCCCN1c1ccc(CN)c(Cl)c1. The number of nitrogens with two attached hydrogens (primary N) is 1. The molecule has 0 spiro atoms. The highest BCUT2D eigenvalue weighted by Gasteiger charge is 2.22. The summed E-state index contributed by atoms with van der Waals surface area (Å²) in [5.74, 6) is 0. The molecule has 0 radical (unpaired) electrons. The molecule has 0 saturated carbocycles. The average Bonchev–Trinajstić information content (AvgIpc) is 2.40. The number of rotatable bonds is 4. The van der Waals surface area contributed by atoms with Crippen molar-refractivity contribution in [1.82, 2.24) is 0 Å². The number of hydrogen-bond acceptors (Lipinski definition) is 2. The summed E-state index contributed by atoms with van der Waals surface area (Å²) in [4.78, 5) is 2.53. The molecule has 1 heterocycles. The van der Waals surface area contributed by atoms with E-state index in [1.165, 1.54) is 37.8 Å². The van der Waals surface area contributed by atoms with Crippen LogP contribution in [-0.4, -0.2) is 12.6 Å². The van der Waals surface area contributed by atoms with E-state index in [4.69, 9.17) is 17.3 Å². The minimum Gasteiger partial charge on any atom is -0.369 e. The molecule has 0 aliphatic carbocycles. The summed E-state index contributed by atoms with van der Waals surface area (Å²) < 4.78 is 0. The molecule has 1 atom stereocenters. The van der Waals surface area contributed by atoms with E-state index >= 15 is 0 Å². The van der Waals surface area contributed by atoms with Crippen LogP contribution in [0.15, 0.2) is 18.2 Å². The summed E-state index contributed by atoms with van der Waals surface area (Å²) in [6.45, 7) is 3.93. The van der Waals surface area contributed by atoms with E-state index in [2.05, 4.69) is 30.0 Å². The van der Waals surface area contributed by atoms with E-state index in [0.29, 0.717) is 12.6 Å².